The minimum absolute atomic E-state index is 0.321. The Morgan fingerprint density at radius 1 is 1.17 bits per heavy atom. The van der Waals surface area contributed by atoms with E-state index in [-0.39, 0.29) is 0 Å². The molecule has 2 N–H and O–H groups in total. The van der Waals surface area contributed by atoms with Gasteiger partial charge in [-0.25, -0.2) is 9.97 Å². The van der Waals surface area contributed by atoms with E-state index >= 15 is 0 Å². The molecule has 0 aliphatic carbocycles. The highest BCUT2D eigenvalue weighted by atomic mass is 16.1. The average molecular weight is 331 g/mol. The van der Waals surface area contributed by atoms with Crippen LogP contribution in [0.3, 0.4) is 0 Å². The lowest BCUT2D eigenvalue weighted by Crippen LogP contribution is -2.44. The summed E-state index contributed by atoms with van der Waals surface area (Å²) in [7, 11) is 2.22. The molecular weight excluding hydrogens is 302 g/mol. The van der Waals surface area contributed by atoms with Crippen molar-refractivity contribution >= 4 is 5.91 Å². The fourth-order valence-corrected chi connectivity index (χ4v) is 4.06. The molecule has 1 aromatic rings. The molecule has 132 valence electrons. The molecule has 24 heavy (non-hydrogen) atoms. The van der Waals surface area contributed by atoms with E-state index in [1.54, 1.807) is 6.07 Å². The molecule has 0 saturated carbocycles. The second-order valence-electron chi connectivity index (χ2n) is 7.33. The van der Waals surface area contributed by atoms with Crippen LogP contribution in [0.4, 0.5) is 0 Å². The van der Waals surface area contributed by atoms with E-state index in [1.165, 1.54) is 64.6 Å². The van der Waals surface area contributed by atoms with Crippen LogP contribution in [0.5, 0.6) is 0 Å². The van der Waals surface area contributed by atoms with E-state index in [0.29, 0.717) is 11.6 Å². The number of primary amides is 1. The lowest BCUT2D eigenvalue weighted by molar-refractivity contribution is 0.0995. The van der Waals surface area contributed by atoms with E-state index in [2.05, 4.69) is 26.8 Å². The largest absolute Gasteiger partial charge is 0.364 e. The SMILES string of the molecule is CN1CCC(N2CCC[C@H](Cc3cc(C(N)=O)ncn3)CC2)CC1. The first-order valence-corrected chi connectivity index (χ1v) is 9.15. The van der Waals surface area contributed by atoms with Crippen LogP contribution in [0.15, 0.2) is 12.4 Å². The number of likely N-dealkylation sites (tertiary alicyclic amines) is 2. The fourth-order valence-electron chi connectivity index (χ4n) is 4.06. The molecule has 0 unspecified atom stereocenters. The summed E-state index contributed by atoms with van der Waals surface area (Å²) in [6, 6.07) is 2.52. The molecule has 6 nitrogen and oxygen atoms in total. The van der Waals surface area contributed by atoms with Crippen LogP contribution < -0.4 is 5.73 Å². The van der Waals surface area contributed by atoms with Gasteiger partial charge in [-0.15, -0.1) is 0 Å². The Morgan fingerprint density at radius 2 is 1.96 bits per heavy atom. The van der Waals surface area contributed by atoms with Crippen LogP contribution in [0.25, 0.3) is 0 Å². The molecule has 6 heteroatoms. The van der Waals surface area contributed by atoms with Crippen LogP contribution in [0.1, 0.15) is 48.3 Å². The zero-order chi connectivity index (χ0) is 16.9. The first kappa shape index (κ1) is 17.3. The average Bonchev–Trinajstić information content (AvgIpc) is 2.81. The number of carbonyl (C=O) groups is 1. The maximum atomic E-state index is 11.3. The summed E-state index contributed by atoms with van der Waals surface area (Å²) >= 11 is 0. The zero-order valence-corrected chi connectivity index (χ0v) is 14.7. The van der Waals surface area contributed by atoms with Gasteiger partial charge in [-0.05, 0) is 83.7 Å². The minimum Gasteiger partial charge on any atom is -0.364 e. The van der Waals surface area contributed by atoms with Gasteiger partial charge >= 0.3 is 0 Å². The summed E-state index contributed by atoms with van der Waals surface area (Å²) in [5.41, 5.74) is 6.57. The van der Waals surface area contributed by atoms with Gasteiger partial charge in [0.15, 0.2) is 0 Å². The highest BCUT2D eigenvalue weighted by Crippen LogP contribution is 2.25. The van der Waals surface area contributed by atoms with Gasteiger partial charge in [0.2, 0.25) is 0 Å². The van der Waals surface area contributed by atoms with Crippen LogP contribution in [-0.2, 0) is 6.42 Å². The quantitative estimate of drug-likeness (QED) is 0.900. The van der Waals surface area contributed by atoms with Crippen LogP contribution >= 0.6 is 0 Å². The maximum absolute atomic E-state index is 11.3. The predicted molar refractivity (Wildman–Crippen MR) is 93.7 cm³/mol. The molecule has 0 radical (unpaired) electrons. The zero-order valence-electron chi connectivity index (χ0n) is 14.7. The van der Waals surface area contributed by atoms with Gasteiger partial charge in [-0.2, -0.15) is 0 Å². The molecule has 2 saturated heterocycles. The van der Waals surface area contributed by atoms with E-state index in [0.717, 1.165) is 18.2 Å². The first-order chi connectivity index (χ1) is 11.6. The third kappa shape index (κ3) is 4.51. The topological polar surface area (TPSA) is 75.3 Å². The van der Waals surface area contributed by atoms with Crippen molar-refractivity contribution in [3.8, 4) is 0 Å². The molecule has 1 amide bonds. The van der Waals surface area contributed by atoms with Gasteiger partial charge in [0.05, 0.1) is 0 Å². The van der Waals surface area contributed by atoms with Crippen molar-refractivity contribution in [2.75, 3.05) is 33.2 Å². The van der Waals surface area contributed by atoms with Crippen molar-refractivity contribution in [3.63, 3.8) is 0 Å². The molecule has 2 aliphatic heterocycles. The summed E-state index contributed by atoms with van der Waals surface area (Å²) < 4.78 is 0. The number of aromatic nitrogens is 2. The van der Waals surface area contributed by atoms with Gasteiger partial charge in [-0.1, -0.05) is 0 Å². The third-order valence-corrected chi connectivity index (χ3v) is 5.56. The highest BCUT2D eigenvalue weighted by Gasteiger charge is 2.26. The summed E-state index contributed by atoms with van der Waals surface area (Å²) in [4.78, 5) is 24.7. The van der Waals surface area contributed by atoms with E-state index in [1.807, 2.05) is 0 Å². The molecule has 0 spiro atoms. The van der Waals surface area contributed by atoms with Gasteiger partial charge in [0.25, 0.3) is 5.91 Å². The van der Waals surface area contributed by atoms with E-state index in [4.69, 9.17) is 5.73 Å². The third-order valence-electron chi connectivity index (χ3n) is 5.56. The number of rotatable bonds is 4. The van der Waals surface area contributed by atoms with E-state index < -0.39 is 5.91 Å². The molecular formula is C18H29N5O. The number of nitrogens with two attached hydrogens (primary N) is 1. The Bertz CT molecular complexity index is 556. The summed E-state index contributed by atoms with van der Waals surface area (Å²) in [6.07, 6.45) is 8.68. The summed E-state index contributed by atoms with van der Waals surface area (Å²) in [5, 5.41) is 0. The Hall–Kier alpha value is -1.53. The monoisotopic (exact) mass is 331 g/mol. The lowest BCUT2D eigenvalue weighted by Gasteiger charge is -2.36. The van der Waals surface area contributed by atoms with Gasteiger partial charge in [0, 0.05) is 11.7 Å². The van der Waals surface area contributed by atoms with Crippen molar-refractivity contribution in [2.24, 2.45) is 11.7 Å². The first-order valence-electron chi connectivity index (χ1n) is 9.15. The Labute approximate surface area is 144 Å². The number of piperidine rings is 1. The number of amides is 1. The molecule has 2 aliphatic rings. The predicted octanol–water partition coefficient (Wildman–Crippen LogP) is 1.31. The molecule has 0 bridgehead atoms. The van der Waals surface area contributed by atoms with Crippen LogP contribution in [0.2, 0.25) is 0 Å². The maximum Gasteiger partial charge on any atom is 0.267 e. The standard InChI is InChI=1S/C18H29N5O/c1-22-8-5-16(6-9-22)23-7-2-3-14(4-10-23)11-15-12-17(18(19)24)21-13-20-15/h12-14,16H,2-11H2,1H3,(H2,19,24)/t14-/m0/s1. The molecule has 0 aromatic carbocycles. The van der Waals surface area contributed by atoms with Crippen molar-refractivity contribution in [1.29, 1.82) is 0 Å². The lowest BCUT2D eigenvalue weighted by atomic mass is 9.95. The molecule has 1 atom stereocenters. The Balaban J connectivity index is 1.54. The highest BCUT2D eigenvalue weighted by molar-refractivity contribution is 5.90. The summed E-state index contributed by atoms with van der Waals surface area (Å²) in [5.74, 6) is 0.157. The summed E-state index contributed by atoms with van der Waals surface area (Å²) in [6.45, 7) is 4.86. The van der Waals surface area contributed by atoms with E-state index in [9.17, 15) is 4.79 Å². The molecule has 2 fully saturated rings. The molecule has 3 heterocycles. The van der Waals surface area contributed by atoms with Crippen molar-refractivity contribution in [1.82, 2.24) is 19.8 Å². The van der Waals surface area contributed by atoms with Gasteiger partial charge in [0.1, 0.15) is 12.0 Å². The second kappa shape index (κ2) is 8.03. The second-order valence-corrected chi connectivity index (χ2v) is 7.33. The smallest absolute Gasteiger partial charge is 0.267 e. The molecule has 1 aromatic heterocycles. The normalized spacial score (nSPS) is 24.6. The van der Waals surface area contributed by atoms with Crippen LogP contribution in [0, 0.1) is 5.92 Å². The number of hydrogen-bond acceptors (Lipinski definition) is 5. The number of nitrogens with zero attached hydrogens (tertiary/aromatic N) is 4. The minimum atomic E-state index is -0.479. The number of hydrogen-bond donors (Lipinski definition) is 1. The van der Waals surface area contributed by atoms with Crippen LogP contribution in [-0.4, -0.2) is 64.9 Å². The number of carbonyl (C=O) groups excluding carboxylic acids is 1. The fraction of sp³-hybridized carbons (Fsp3) is 0.722. The Kier molecular flexibility index (Phi) is 5.79. The van der Waals surface area contributed by atoms with Crippen molar-refractivity contribution in [2.45, 2.75) is 44.6 Å². The van der Waals surface area contributed by atoms with Crippen molar-refractivity contribution in [3.05, 3.63) is 23.8 Å². The van der Waals surface area contributed by atoms with Gasteiger partial charge in [-0.3, -0.25) is 4.79 Å². The van der Waals surface area contributed by atoms with Crippen molar-refractivity contribution < 1.29 is 4.79 Å². The molecule has 3 rings (SSSR count). The Morgan fingerprint density at radius 3 is 2.71 bits per heavy atom. The van der Waals surface area contributed by atoms with Gasteiger partial charge < -0.3 is 15.5 Å².